The molecule has 1 unspecified atom stereocenters. The molecular weight excluding hydrogens is 332 g/mol. The number of hydrogen-bond acceptors (Lipinski definition) is 3. The Balaban J connectivity index is 1.53. The molecule has 0 saturated carbocycles. The number of nitrogens with two attached hydrogens (primary N) is 1. The van der Waals surface area contributed by atoms with Crippen molar-refractivity contribution in [2.75, 3.05) is 13.6 Å². The van der Waals surface area contributed by atoms with Gasteiger partial charge < -0.3 is 10.7 Å². The number of aromatic nitrogens is 2. The van der Waals surface area contributed by atoms with Gasteiger partial charge in [0.15, 0.2) is 0 Å². The molecule has 1 fully saturated rings. The molecule has 0 radical (unpaired) electrons. The van der Waals surface area contributed by atoms with Gasteiger partial charge in [-0.25, -0.2) is 4.98 Å². The number of imidazole rings is 1. The van der Waals surface area contributed by atoms with Crippen molar-refractivity contribution >= 4 is 5.57 Å². The van der Waals surface area contributed by atoms with Crippen LogP contribution in [0.3, 0.4) is 0 Å². The van der Waals surface area contributed by atoms with Gasteiger partial charge in [-0.1, -0.05) is 48.5 Å². The van der Waals surface area contributed by atoms with E-state index in [1.807, 2.05) is 13.1 Å². The highest BCUT2D eigenvalue weighted by Gasteiger charge is 2.25. The normalized spacial score (nSPS) is 18.1. The summed E-state index contributed by atoms with van der Waals surface area (Å²) < 4.78 is 0. The van der Waals surface area contributed by atoms with Crippen LogP contribution >= 0.6 is 0 Å². The molecule has 0 amide bonds. The Morgan fingerprint density at radius 1 is 1.07 bits per heavy atom. The topological polar surface area (TPSA) is 57.9 Å². The molecule has 2 heterocycles. The molecule has 1 aliphatic heterocycles. The molecular formula is C23H26N4. The first-order valence-electron chi connectivity index (χ1n) is 9.50. The van der Waals surface area contributed by atoms with Crippen molar-refractivity contribution < 1.29 is 0 Å². The molecule has 1 aliphatic rings. The second-order valence-corrected chi connectivity index (χ2v) is 7.33. The summed E-state index contributed by atoms with van der Waals surface area (Å²) in [6, 6.07) is 17.6. The maximum absolute atomic E-state index is 5.60. The Morgan fingerprint density at radius 3 is 2.30 bits per heavy atom. The summed E-state index contributed by atoms with van der Waals surface area (Å²) in [5.41, 5.74) is 12.5. The average Bonchev–Trinajstić information content (AvgIpc) is 3.36. The van der Waals surface area contributed by atoms with Crippen molar-refractivity contribution in [3.63, 3.8) is 0 Å². The Bertz CT molecular complexity index is 935. The van der Waals surface area contributed by atoms with Crippen LogP contribution in [-0.4, -0.2) is 28.5 Å². The van der Waals surface area contributed by atoms with E-state index in [0.29, 0.717) is 6.04 Å². The standard InChI is InChI=1S/C23H26N4/c1-16(14-24)17-5-7-18(8-6-17)19-9-11-20(12-10-19)21-15-25-23(26-21)22-4-3-13-27(22)2/h5-12,14-15,22H,3-4,13,24H2,1-2H3,(H,25,26)/b16-14+. The number of aromatic amines is 1. The fourth-order valence-electron chi connectivity index (χ4n) is 3.77. The monoisotopic (exact) mass is 358 g/mol. The predicted octanol–water partition coefficient (Wildman–Crippen LogP) is 4.83. The quantitative estimate of drug-likeness (QED) is 0.702. The number of nitrogens with zero attached hydrogens (tertiary/aromatic N) is 2. The van der Waals surface area contributed by atoms with Gasteiger partial charge in [0.05, 0.1) is 17.9 Å². The highest BCUT2D eigenvalue weighted by Crippen LogP contribution is 2.30. The minimum atomic E-state index is 0.419. The van der Waals surface area contributed by atoms with E-state index in [1.165, 1.54) is 24.0 Å². The van der Waals surface area contributed by atoms with Gasteiger partial charge in [-0.15, -0.1) is 0 Å². The lowest BCUT2D eigenvalue weighted by Gasteiger charge is -2.16. The zero-order valence-corrected chi connectivity index (χ0v) is 15.9. The lowest BCUT2D eigenvalue weighted by molar-refractivity contribution is 0.307. The van der Waals surface area contributed by atoms with Crippen LogP contribution < -0.4 is 5.73 Å². The van der Waals surface area contributed by atoms with Gasteiger partial charge in [0, 0.05) is 0 Å². The lowest BCUT2D eigenvalue weighted by atomic mass is 10.00. The molecule has 4 rings (SSSR count). The highest BCUT2D eigenvalue weighted by molar-refractivity contribution is 5.71. The van der Waals surface area contributed by atoms with Crippen LogP contribution in [0, 0.1) is 0 Å². The Morgan fingerprint density at radius 2 is 1.70 bits per heavy atom. The molecule has 4 nitrogen and oxygen atoms in total. The predicted molar refractivity (Wildman–Crippen MR) is 112 cm³/mol. The summed E-state index contributed by atoms with van der Waals surface area (Å²) in [6.45, 7) is 3.17. The number of hydrogen-bond donors (Lipinski definition) is 2. The molecule has 3 N–H and O–H groups in total. The average molecular weight is 358 g/mol. The van der Waals surface area contributed by atoms with E-state index in [1.54, 1.807) is 6.20 Å². The second kappa shape index (κ2) is 7.41. The van der Waals surface area contributed by atoms with E-state index in [0.717, 1.165) is 34.8 Å². The highest BCUT2D eigenvalue weighted by atomic mass is 15.2. The largest absolute Gasteiger partial charge is 0.404 e. The first-order valence-corrected chi connectivity index (χ1v) is 9.50. The van der Waals surface area contributed by atoms with E-state index in [-0.39, 0.29) is 0 Å². The summed E-state index contributed by atoms with van der Waals surface area (Å²) in [5.74, 6) is 1.08. The Kier molecular flexibility index (Phi) is 4.82. The van der Waals surface area contributed by atoms with E-state index in [9.17, 15) is 0 Å². The van der Waals surface area contributed by atoms with Crippen LogP contribution in [0.1, 0.15) is 37.2 Å². The van der Waals surface area contributed by atoms with Gasteiger partial charge in [0.25, 0.3) is 0 Å². The fraction of sp³-hybridized carbons (Fsp3) is 0.261. The van der Waals surface area contributed by atoms with Gasteiger partial charge in [0.1, 0.15) is 5.82 Å². The van der Waals surface area contributed by atoms with Gasteiger partial charge in [-0.05, 0) is 67.4 Å². The smallest absolute Gasteiger partial charge is 0.123 e. The van der Waals surface area contributed by atoms with Crippen LogP contribution in [-0.2, 0) is 0 Å². The van der Waals surface area contributed by atoms with Gasteiger partial charge in [-0.2, -0.15) is 0 Å². The van der Waals surface area contributed by atoms with Crippen LogP contribution in [0.2, 0.25) is 0 Å². The summed E-state index contributed by atoms with van der Waals surface area (Å²) >= 11 is 0. The number of nitrogens with one attached hydrogen (secondary N) is 1. The minimum absolute atomic E-state index is 0.419. The summed E-state index contributed by atoms with van der Waals surface area (Å²) in [5, 5.41) is 0. The third kappa shape index (κ3) is 3.53. The van der Waals surface area contributed by atoms with Crippen molar-refractivity contribution in [1.82, 2.24) is 14.9 Å². The van der Waals surface area contributed by atoms with Crippen LogP contribution in [0.4, 0.5) is 0 Å². The van der Waals surface area contributed by atoms with E-state index >= 15 is 0 Å². The zero-order chi connectivity index (χ0) is 18.8. The third-order valence-corrected chi connectivity index (χ3v) is 5.55. The first kappa shape index (κ1) is 17.6. The molecule has 2 aromatic carbocycles. The van der Waals surface area contributed by atoms with Crippen molar-refractivity contribution in [3.8, 4) is 22.4 Å². The van der Waals surface area contributed by atoms with Gasteiger partial charge >= 0.3 is 0 Å². The molecule has 4 heteroatoms. The Labute approximate surface area is 160 Å². The lowest BCUT2D eigenvalue weighted by Crippen LogP contribution is -2.18. The van der Waals surface area contributed by atoms with Gasteiger partial charge in [0.2, 0.25) is 0 Å². The van der Waals surface area contributed by atoms with Crippen LogP contribution in [0.25, 0.3) is 28.0 Å². The van der Waals surface area contributed by atoms with Crippen molar-refractivity contribution in [3.05, 3.63) is 72.3 Å². The molecule has 0 aliphatic carbocycles. The van der Waals surface area contributed by atoms with E-state index < -0.39 is 0 Å². The van der Waals surface area contributed by atoms with Gasteiger partial charge in [-0.3, -0.25) is 4.90 Å². The summed E-state index contributed by atoms with van der Waals surface area (Å²) in [6.07, 6.45) is 6.02. The molecule has 1 atom stereocenters. The van der Waals surface area contributed by atoms with Crippen LogP contribution in [0.5, 0.6) is 0 Å². The molecule has 138 valence electrons. The number of benzene rings is 2. The molecule has 0 spiro atoms. The van der Waals surface area contributed by atoms with E-state index in [2.05, 4.69) is 70.4 Å². The minimum Gasteiger partial charge on any atom is -0.404 e. The Hall–Kier alpha value is -2.85. The number of H-pyrrole nitrogens is 1. The summed E-state index contributed by atoms with van der Waals surface area (Å²) in [7, 11) is 2.17. The van der Waals surface area contributed by atoms with E-state index in [4.69, 9.17) is 5.73 Å². The maximum atomic E-state index is 5.60. The molecule has 1 saturated heterocycles. The molecule has 0 bridgehead atoms. The number of allylic oxidation sites excluding steroid dienone is 1. The fourth-order valence-corrected chi connectivity index (χ4v) is 3.77. The van der Waals surface area contributed by atoms with Crippen LogP contribution in [0.15, 0.2) is 60.9 Å². The second-order valence-electron chi connectivity index (χ2n) is 7.33. The number of likely N-dealkylation sites (tertiary alicyclic amines) is 1. The molecule has 3 aromatic rings. The molecule has 27 heavy (non-hydrogen) atoms. The maximum Gasteiger partial charge on any atom is 0.123 e. The zero-order valence-electron chi connectivity index (χ0n) is 15.9. The number of rotatable bonds is 4. The third-order valence-electron chi connectivity index (χ3n) is 5.55. The first-order chi connectivity index (χ1) is 13.2. The summed E-state index contributed by atoms with van der Waals surface area (Å²) in [4.78, 5) is 10.5. The molecule has 1 aromatic heterocycles. The van der Waals surface area contributed by atoms with Crippen molar-refractivity contribution in [2.45, 2.75) is 25.8 Å². The van der Waals surface area contributed by atoms with Crippen molar-refractivity contribution in [2.24, 2.45) is 5.73 Å². The van der Waals surface area contributed by atoms with Crippen molar-refractivity contribution in [1.29, 1.82) is 0 Å². The SMILES string of the molecule is C/C(=C\N)c1ccc(-c2ccc(-c3cnc(C4CCCN4C)[nH]3)cc2)cc1.